The lowest BCUT2D eigenvalue weighted by atomic mass is 10.2. The Kier molecular flexibility index (Phi) is 2.98. The lowest BCUT2D eigenvalue weighted by Crippen LogP contribution is -2.41. The van der Waals surface area contributed by atoms with Crippen LogP contribution >= 0.6 is 0 Å². The Morgan fingerprint density at radius 3 is 3.08 bits per heavy atom. The zero-order chi connectivity index (χ0) is 9.10. The van der Waals surface area contributed by atoms with Crippen molar-refractivity contribution >= 4 is 22.8 Å². The van der Waals surface area contributed by atoms with Crippen LogP contribution in [0, 0.1) is 6.92 Å². The zero-order valence-electron chi connectivity index (χ0n) is 8.12. The fourth-order valence-corrected chi connectivity index (χ4v) is 8.88. The van der Waals surface area contributed by atoms with Gasteiger partial charge in [-0.3, -0.25) is 0 Å². The van der Waals surface area contributed by atoms with Crippen LogP contribution in [0.5, 0.6) is 0 Å². The predicted octanol–water partition coefficient (Wildman–Crippen LogP) is 0.430. The number of aryl methyl sites for hydroxylation is 1. The molecule has 1 nitrogen and oxygen atoms in total. The topological polar surface area (TPSA) is 9.23 Å². The monoisotopic (exact) mass is 208 g/mol. The number of rotatable bonds is 1. The molecule has 1 saturated heterocycles. The van der Waals surface area contributed by atoms with Gasteiger partial charge in [0.1, 0.15) is 0 Å². The highest BCUT2D eigenvalue weighted by molar-refractivity contribution is 7.17. The fourth-order valence-electron chi connectivity index (χ4n) is 1.93. The van der Waals surface area contributed by atoms with Gasteiger partial charge < -0.3 is 4.43 Å². The summed E-state index contributed by atoms with van der Waals surface area (Å²) in [6, 6.07) is 10.5. The molecule has 0 radical (unpaired) electrons. The largest absolute Gasteiger partial charge is 0.427 e. The molecule has 70 valence electrons. The molecule has 0 amide bonds. The third-order valence-corrected chi connectivity index (χ3v) is 10.6. The number of hydrogen-bond donors (Lipinski definition) is 0. The molecule has 1 unspecified atom stereocenters. The van der Waals surface area contributed by atoms with Crippen molar-refractivity contribution < 1.29 is 4.43 Å². The van der Waals surface area contributed by atoms with Crippen LogP contribution in [0.15, 0.2) is 24.3 Å². The lowest BCUT2D eigenvalue weighted by molar-refractivity contribution is 0.336. The van der Waals surface area contributed by atoms with Crippen LogP contribution in [0.1, 0.15) is 12.0 Å². The smallest absolute Gasteiger partial charge is 0.152 e. The van der Waals surface area contributed by atoms with Gasteiger partial charge >= 0.3 is 0 Å². The SMILES string of the molecule is Cc1cccc([SiH]2CCCO[SiH2]2)c1. The average Bonchev–Trinajstić information content (AvgIpc) is 2.19. The van der Waals surface area contributed by atoms with Crippen LogP contribution in [0.3, 0.4) is 0 Å². The van der Waals surface area contributed by atoms with E-state index in [-0.39, 0.29) is 9.28 Å². The molecule has 1 aliphatic heterocycles. The van der Waals surface area contributed by atoms with Crippen molar-refractivity contribution in [2.75, 3.05) is 6.61 Å². The van der Waals surface area contributed by atoms with E-state index >= 15 is 0 Å². The van der Waals surface area contributed by atoms with E-state index in [2.05, 4.69) is 31.2 Å². The van der Waals surface area contributed by atoms with Gasteiger partial charge in [-0.05, 0) is 13.3 Å². The summed E-state index contributed by atoms with van der Waals surface area (Å²) in [5, 5.41) is 1.64. The van der Waals surface area contributed by atoms with Crippen LogP contribution in [0.25, 0.3) is 0 Å². The van der Waals surface area contributed by atoms with Gasteiger partial charge in [-0.15, -0.1) is 0 Å². The Labute approximate surface area is 83.5 Å². The van der Waals surface area contributed by atoms with Crippen molar-refractivity contribution in [3.05, 3.63) is 29.8 Å². The maximum absolute atomic E-state index is 5.68. The van der Waals surface area contributed by atoms with Crippen molar-refractivity contribution in [1.82, 2.24) is 0 Å². The van der Waals surface area contributed by atoms with E-state index in [1.165, 1.54) is 18.0 Å². The Morgan fingerprint density at radius 2 is 2.38 bits per heavy atom. The molecule has 1 aromatic rings. The van der Waals surface area contributed by atoms with Gasteiger partial charge in [0.05, 0.1) is 8.31 Å². The Bertz CT molecular complexity index is 282. The number of benzene rings is 1. The predicted molar refractivity (Wildman–Crippen MR) is 61.9 cm³/mol. The summed E-state index contributed by atoms with van der Waals surface area (Å²) in [4.78, 5) is 0. The molecular weight excluding hydrogens is 192 g/mol. The summed E-state index contributed by atoms with van der Waals surface area (Å²) in [6.45, 7) is 3.23. The minimum Gasteiger partial charge on any atom is -0.427 e. The summed E-state index contributed by atoms with van der Waals surface area (Å²) in [6.07, 6.45) is 1.30. The van der Waals surface area contributed by atoms with Crippen molar-refractivity contribution in [3.8, 4) is 0 Å². The van der Waals surface area contributed by atoms with Crippen LogP contribution in [0.4, 0.5) is 0 Å². The normalized spacial score (nSPS) is 24.8. The highest BCUT2D eigenvalue weighted by Crippen LogP contribution is 2.06. The van der Waals surface area contributed by atoms with Crippen molar-refractivity contribution in [2.24, 2.45) is 0 Å². The van der Waals surface area contributed by atoms with Crippen LogP contribution in [0.2, 0.25) is 6.04 Å². The van der Waals surface area contributed by atoms with Gasteiger partial charge in [0.2, 0.25) is 0 Å². The average molecular weight is 208 g/mol. The first kappa shape index (κ1) is 9.18. The molecule has 13 heavy (non-hydrogen) atoms. The van der Waals surface area contributed by atoms with E-state index in [1.807, 2.05) is 0 Å². The lowest BCUT2D eigenvalue weighted by Gasteiger charge is -2.20. The molecule has 2 rings (SSSR count). The standard InChI is InChI=1S/C10H16OSi2/c1-9-4-2-5-10(8-9)13-7-3-6-11-12-13/h2,4-5,8,13H,3,6-7,12H2,1H3. The first-order valence-electron chi connectivity index (χ1n) is 5.00. The van der Waals surface area contributed by atoms with E-state index in [0.29, 0.717) is 0 Å². The molecule has 1 aromatic carbocycles. The molecule has 1 aliphatic rings. The summed E-state index contributed by atoms with van der Waals surface area (Å²) in [7, 11) is -0.749. The second-order valence-corrected chi connectivity index (χ2v) is 11.2. The third-order valence-electron chi connectivity index (χ3n) is 2.67. The zero-order valence-corrected chi connectivity index (χ0v) is 10.7. The second kappa shape index (κ2) is 4.22. The van der Waals surface area contributed by atoms with Crippen molar-refractivity contribution in [1.29, 1.82) is 0 Å². The quantitative estimate of drug-likeness (QED) is 0.608. The van der Waals surface area contributed by atoms with Gasteiger partial charge in [0.25, 0.3) is 0 Å². The molecular formula is C10H16OSi2. The van der Waals surface area contributed by atoms with E-state index in [1.54, 1.807) is 5.19 Å². The first-order chi connectivity index (χ1) is 6.36. The molecule has 3 heteroatoms. The Balaban J connectivity index is 2.14. The highest BCUT2D eigenvalue weighted by atomic mass is 29.2. The molecule has 0 spiro atoms. The second-order valence-electron chi connectivity index (χ2n) is 3.83. The van der Waals surface area contributed by atoms with Crippen LogP contribution in [-0.2, 0) is 4.43 Å². The van der Waals surface area contributed by atoms with E-state index in [9.17, 15) is 0 Å². The molecule has 0 aromatic heterocycles. The summed E-state index contributed by atoms with van der Waals surface area (Å²) >= 11 is 0. The van der Waals surface area contributed by atoms with Gasteiger partial charge in [-0.2, -0.15) is 0 Å². The first-order valence-corrected chi connectivity index (χ1v) is 10.2. The minimum atomic E-state index is -0.596. The van der Waals surface area contributed by atoms with Gasteiger partial charge in [-0.25, -0.2) is 0 Å². The molecule has 1 atom stereocenters. The highest BCUT2D eigenvalue weighted by Gasteiger charge is 2.18. The summed E-state index contributed by atoms with van der Waals surface area (Å²) in [5.74, 6) is 0. The summed E-state index contributed by atoms with van der Waals surface area (Å²) < 4.78 is 5.68. The van der Waals surface area contributed by atoms with Gasteiger partial charge in [0.15, 0.2) is 9.28 Å². The molecule has 0 N–H and O–H groups in total. The summed E-state index contributed by atoms with van der Waals surface area (Å²) in [5.41, 5.74) is 1.41. The van der Waals surface area contributed by atoms with E-state index in [4.69, 9.17) is 4.43 Å². The third kappa shape index (κ3) is 2.30. The molecule has 0 aliphatic carbocycles. The van der Waals surface area contributed by atoms with E-state index < -0.39 is 8.31 Å². The van der Waals surface area contributed by atoms with Crippen LogP contribution < -0.4 is 5.19 Å². The molecule has 1 heterocycles. The molecule has 1 fully saturated rings. The molecule has 0 bridgehead atoms. The Morgan fingerprint density at radius 1 is 1.46 bits per heavy atom. The molecule has 0 saturated carbocycles. The Hall–Kier alpha value is -0.386. The minimum absolute atomic E-state index is 0.153. The van der Waals surface area contributed by atoms with Crippen molar-refractivity contribution in [3.63, 3.8) is 0 Å². The van der Waals surface area contributed by atoms with E-state index in [0.717, 1.165) is 6.61 Å². The number of hydrogen-bond acceptors (Lipinski definition) is 1. The van der Waals surface area contributed by atoms with Gasteiger partial charge in [-0.1, -0.05) is 41.1 Å². The van der Waals surface area contributed by atoms with Gasteiger partial charge in [0, 0.05) is 6.61 Å². The fraction of sp³-hybridized carbons (Fsp3) is 0.400. The van der Waals surface area contributed by atoms with Crippen molar-refractivity contribution in [2.45, 2.75) is 19.4 Å². The van der Waals surface area contributed by atoms with Crippen LogP contribution in [-0.4, -0.2) is 24.2 Å². The maximum atomic E-state index is 5.68. The maximum Gasteiger partial charge on any atom is 0.152 e.